The Labute approximate surface area is 181 Å². The molecule has 0 N–H and O–H groups in total. The Morgan fingerprint density at radius 1 is 0.724 bits per heavy atom. The molecule has 4 nitrogen and oxygen atoms in total. The minimum absolute atomic E-state index is 0.0365. The van der Waals surface area contributed by atoms with E-state index in [0.717, 1.165) is 6.61 Å². The number of carbonyl (C=O) groups excluding carboxylic acids is 1. The maximum absolute atomic E-state index is 10.7. The summed E-state index contributed by atoms with van der Waals surface area (Å²) in [6, 6.07) is 0. The fraction of sp³-hybridized carbons (Fsp3) is 0.960. The lowest BCUT2D eigenvalue weighted by Crippen LogP contribution is -2.21. The van der Waals surface area contributed by atoms with E-state index >= 15 is 0 Å². The first-order chi connectivity index (χ1) is 14.1. The number of rotatable bonds is 22. The molecule has 0 aliphatic heterocycles. The molecule has 0 saturated heterocycles. The van der Waals surface area contributed by atoms with Crippen LogP contribution in [0.4, 0.5) is 0 Å². The Kier molecular flexibility index (Phi) is 21.6. The van der Waals surface area contributed by atoms with Crippen LogP contribution in [-0.4, -0.2) is 38.5 Å². The minimum Gasteiger partial charge on any atom is -0.463 e. The summed E-state index contributed by atoms with van der Waals surface area (Å²) < 4.78 is 16.5. The molecule has 0 rings (SSSR count). The Hall–Kier alpha value is -0.610. The van der Waals surface area contributed by atoms with Gasteiger partial charge in [-0.15, -0.1) is 0 Å². The first kappa shape index (κ1) is 28.4. The molecule has 4 heteroatoms. The second-order valence-corrected chi connectivity index (χ2v) is 8.54. The van der Waals surface area contributed by atoms with E-state index in [9.17, 15) is 4.79 Å². The third-order valence-corrected chi connectivity index (χ3v) is 5.43. The van der Waals surface area contributed by atoms with Crippen LogP contribution < -0.4 is 0 Å². The zero-order valence-electron chi connectivity index (χ0n) is 20.0. The van der Waals surface area contributed by atoms with Crippen molar-refractivity contribution in [1.82, 2.24) is 0 Å². The van der Waals surface area contributed by atoms with E-state index in [4.69, 9.17) is 14.2 Å². The summed E-state index contributed by atoms with van der Waals surface area (Å²) in [7, 11) is 0. The average Bonchev–Trinajstić information content (AvgIpc) is 2.69. The number of esters is 1. The molecule has 174 valence electrons. The maximum atomic E-state index is 10.7. The van der Waals surface area contributed by atoms with E-state index in [1.807, 2.05) is 6.92 Å². The van der Waals surface area contributed by atoms with Gasteiger partial charge in [0, 0.05) is 13.5 Å². The lowest BCUT2D eigenvalue weighted by molar-refractivity contribution is -0.143. The van der Waals surface area contributed by atoms with E-state index in [1.54, 1.807) is 0 Å². The van der Waals surface area contributed by atoms with Crippen molar-refractivity contribution in [1.29, 1.82) is 0 Å². The minimum atomic E-state index is -0.260. The van der Waals surface area contributed by atoms with E-state index in [1.165, 1.54) is 96.8 Å². The highest BCUT2D eigenvalue weighted by atomic mass is 16.6. The summed E-state index contributed by atoms with van der Waals surface area (Å²) in [5, 5.41) is 0. The van der Waals surface area contributed by atoms with Gasteiger partial charge in [-0.1, -0.05) is 90.9 Å². The fourth-order valence-corrected chi connectivity index (χ4v) is 3.62. The predicted octanol–water partition coefficient (Wildman–Crippen LogP) is 7.09. The Bertz CT molecular complexity index is 346. The zero-order valence-corrected chi connectivity index (χ0v) is 20.0. The molecular formula is C25H50O4. The lowest BCUT2D eigenvalue weighted by atomic mass is 9.95. The third-order valence-electron chi connectivity index (χ3n) is 5.43. The molecule has 0 fully saturated rings. The van der Waals surface area contributed by atoms with E-state index in [0.29, 0.717) is 25.7 Å². The molecule has 2 atom stereocenters. The second kappa shape index (κ2) is 22.1. The Balaban J connectivity index is 3.90. The van der Waals surface area contributed by atoms with Crippen molar-refractivity contribution in [3.63, 3.8) is 0 Å². The van der Waals surface area contributed by atoms with Gasteiger partial charge < -0.3 is 14.2 Å². The van der Waals surface area contributed by atoms with Crippen LogP contribution in [0.2, 0.25) is 0 Å². The molecule has 0 aliphatic rings. The zero-order chi connectivity index (χ0) is 21.6. The summed E-state index contributed by atoms with van der Waals surface area (Å²) in [6.07, 6.45) is 19.0. The van der Waals surface area contributed by atoms with Gasteiger partial charge in [-0.05, 0) is 25.7 Å². The molecule has 0 bridgehead atoms. The standard InChI is InChI=1S/C25H50O4/c1-5-7-9-11-12-13-14-16-18-25(17-15-10-8-6-2)22-27-21-23(3)28-19-20-29-24(4)26/h23,25H,5-22H2,1-4H3. The first-order valence-electron chi connectivity index (χ1n) is 12.4. The highest BCUT2D eigenvalue weighted by Crippen LogP contribution is 2.19. The molecule has 0 aromatic carbocycles. The molecular weight excluding hydrogens is 364 g/mol. The van der Waals surface area contributed by atoms with Crippen LogP contribution in [0.3, 0.4) is 0 Å². The van der Waals surface area contributed by atoms with Crippen LogP contribution in [0.1, 0.15) is 118 Å². The summed E-state index contributed by atoms with van der Waals surface area (Å²) >= 11 is 0. The Morgan fingerprint density at radius 3 is 1.79 bits per heavy atom. The molecule has 0 radical (unpaired) electrons. The summed E-state index contributed by atoms with van der Waals surface area (Å²) in [4.78, 5) is 10.7. The van der Waals surface area contributed by atoms with Crippen molar-refractivity contribution < 1.29 is 19.0 Å². The van der Waals surface area contributed by atoms with E-state index in [-0.39, 0.29) is 12.1 Å². The van der Waals surface area contributed by atoms with Gasteiger partial charge in [0.1, 0.15) is 6.61 Å². The molecule has 0 amide bonds. The van der Waals surface area contributed by atoms with Gasteiger partial charge in [-0.3, -0.25) is 4.79 Å². The topological polar surface area (TPSA) is 44.8 Å². The van der Waals surface area contributed by atoms with Gasteiger partial charge >= 0.3 is 5.97 Å². The quantitative estimate of drug-likeness (QED) is 0.140. The number of carbonyl (C=O) groups is 1. The van der Waals surface area contributed by atoms with Crippen LogP contribution >= 0.6 is 0 Å². The van der Waals surface area contributed by atoms with Crippen LogP contribution in [0.15, 0.2) is 0 Å². The van der Waals surface area contributed by atoms with Gasteiger partial charge in [0.05, 0.1) is 19.3 Å². The van der Waals surface area contributed by atoms with Crippen LogP contribution in [0.5, 0.6) is 0 Å². The smallest absolute Gasteiger partial charge is 0.302 e. The molecule has 0 aromatic heterocycles. The number of hydrogen-bond acceptors (Lipinski definition) is 4. The molecule has 0 aromatic rings. The van der Waals surface area contributed by atoms with Crippen LogP contribution in [0.25, 0.3) is 0 Å². The molecule has 0 saturated carbocycles. The Morgan fingerprint density at radius 2 is 1.24 bits per heavy atom. The normalized spacial score (nSPS) is 13.4. The van der Waals surface area contributed by atoms with E-state index < -0.39 is 0 Å². The largest absolute Gasteiger partial charge is 0.463 e. The molecule has 0 spiro atoms. The fourth-order valence-electron chi connectivity index (χ4n) is 3.62. The average molecular weight is 415 g/mol. The SMILES string of the molecule is CCCCCCCCCCC(CCCCCC)COCC(C)OCCOC(C)=O. The highest BCUT2D eigenvalue weighted by Gasteiger charge is 2.11. The summed E-state index contributed by atoms with van der Waals surface area (Å²) in [5.74, 6) is 0.421. The lowest BCUT2D eigenvalue weighted by Gasteiger charge is -2.19. The van der Waals surface area contributed by atoms with Gasteiger partial charge in [0.25, 0.3) is 0 Å². The van der Waals surface area contributed by atoms with Gasteiger partial charge in [-0.2, -0.15) is 0 Å². The van der Waals surface area contributed by atoms with Gasteiger partial charge in [-0.25, -0.2) is 0 Å². The monoisotopic (exact) mass is 414 g/mol. The van der Waals surface area contributed by atoms with Crippen LogP contribution in [0, 0.1) is 5.92 Å². The summed E-state index contributed by atoms with van der Waals surface area (Å²) in [5.41, 5.74) is 0. The van der Waals surface area contributed by atoms with Gasteiger partial charge in [0.2, 0.25) is 0 Å². The molecule has 2 unspecified atom stereocenters. The summed E-state index contributed by atoms with van der Waals surface area (Å²) in [6.45, 7) is 10.2. The van der Waals surface area contributed by atoms with Gasteiger partial charge in [0.15, 0.2) is 0 Å². The highest BCUT2D eigenvalue weighted by molar-refractivity contribution is 5.65. The number of hydrogen-bond donors (Lipinski definition) is 0. The predicted molar refractivity (Wildman–Crippen MR) is 122 cm³/mol. The van der Waals surface area contributed by atoms with Crippen molar-refractivity contribution in [2.75, 3.05) is 26.4 Å². The molecule has 29 heavy (non-hydrogen) atoms. The van der Waals surface area contributed by atoms with E-state index in [2.05, 4.69) is 13.8 Å². The third kappa shape index (κ3) is 21.9. The van der Waals surface area contributed by atoms with Crippen LogP contribution in [-0.2, 0) is 19.0 Å². The molecule has 0 aliphatic carbocycles. The number of ether oxygens (including phenoxy) is 3. The number of unbranched alkanes of at least 4 members (excludes halogenated alkanes) is 10. The van der Waals surface area contributed by atoms with Crippen molar-refractivity contribution >= 4 is 5.97 Å². The van der Waals surface area contributed by atoms with Crippen molar-refractivity contribution in [2.24, 2.45) is 5.92 Å². The second-order valence-electron chi connectivity index (χ2n) is 8.54. The first-order valence-corrected chi connectivity index (χ1v) is 12.4. The van der Waals surface area contributed by atoms with Crippen molar-refractivity contribution in [3.05, 3.63) is 0 Å². The van der Waals surface area contributed by atoms with Crippen molar-refractivity contribution in [2.45, 2.75) is 124 Å². The molecule has 0 heterocycles. The van der Waals surface area contributed by atoms with Crippen molar-refractivity contribution in [3.8, 4) is 0 Å². The maximum Gasteiger partial charge on any atom is 0.302 e.